The van der Waals surface area contributed by atoms with E-state index >= 15 is 0 Å². The summed E-state index contributed by atoms with van der Waals surface area (Å²) in [6.45, 7) is 2.76. The van der Waals surface area contributed by atoms with Gasteiger partial charge in [0.2, 0.25) is 10.0 Å². The Hall–Kier alpha value is -2.18. The normalized spacial score (nSPS) is 18.2. The van der Waals surface area contributed by atoms with E-state index in [9.17, 15) is 8.42 Å². The monoisotopic (exact) mass is 454 g/mol. The number of piperazine rings is 1. The maximum absolute atomic E-state index is 12.3. The van der Waals surface area contributed by atoms with Crippen molar-refractivity contribution in [3.63, 3.8) is 0 Å². The molecule has 1 heterocycles. The van der Waals surface area contributed by atoms with E-state index in [0.29, 0.717) is 13.1 Å². The first kappa shape index (κ1) is 22.0. The highest BCUT2D eigenvalue weighted by Gasteiger charge is 2.32. The van der Waals surface area contributed by atoms with Gasteiger partial charge in [-0.05, 0) is 29.2 Å². The average Bonchev–Trinajstić information content (AvgIpc) is 2.75. The molecule has 1 aliphatic heterocycles. The van der Waals surface area contributed by atoms with Gasteiger partial charge in [0.1, 0.15) is 0 Å². The number of hydrogen-bond acceptors (Lipinski definition) is 3. The lowest BCUT2D eigenvalue weighted by Gasteiger charge is -2.40. The molecule has 0 amide bonds. The van der Waals surface area contributed by atoms with Crippen LogP contribution in [-0.2, 0) is 23.0 Å². The van der Waals surface area contributed by atoms with Crippen LogP contribution in [-0.4, -0.2) is 49.6 Å². The van der Waals surface area contributed by atoms with Crippen molar-refractivity contribution in [3.8, 4) is 11.1 Å². The van der Waals surface area contributed by atoms with Gasteiger partial charge in [-0.25, -0.2) is 8.42 Å². The van der Waals surface area contributed by atoms with Crippen molar-refractivity contribution in [1.82, 2.24) is 9.21 Å². The van der Waals surface area contributed by atoms with E-state index < -0.39 is 10.0 Å². The molecule has 0 aliphatic carbocycles. The summed E-state index contributed by atoms with van der Waals surface area (Å²) in [5.74, 6) is 0. The molecule has 1 saturated heterocycles. The fourth-order valence-electron chi connectivity index (χ4n) is 4.28. The third-order valence-corrected chi connectivity index (χ3v) is 7.46. The summed E-state index contributed by atoms with van der Waals surface area (Å²) in [7, 11) is -3.24. The summed E-state index contributed by atoms with van der Waals surface area (Å²) in [5.41, 5.74) is 4.49. The second kappa shape index (κ2) is 9.53. The van der Waals surface area contributed by atoms with Crippen molar-refractivity contribution in [3.05, 3.63) is 95.0 Å². The van der Waals surface area contributed by atoms with E-state index in [0.717, 1.165) is 41.2 Å². The molecular formula is C25H27ClN2O2S. The SMILES string of the molecule is CS(=O)(=O)N1CCN(Cc2ccc(-c3ccccc3Cl)cc2)C[C@H]1Cc1ccccc1. The Morgan fingerprint density at radius 1 is 0.871 bits per heavy atom. The van der Waals surface area contributed by atoms with Crippen LogP contribution in [0.5, 0.6) is 0 Å². The Bertz CT molecular complexity index is 1120. The van der Waals surface area contributed by atoms with Crippen LogP contribution >= 0.6 is 11.6 Å². The molecule has 1 fully saturated rings. The third-order valence-electron chi connectivity index (χ3n) is 5.80. The maximum Gasteiger partial charge on any atom is 0.211 e. The molecule has 0 bridgehead atoms. The molecule has 3 aromatic carbocycles. The van der Waals surface area contributed by atoms with Crippen molar-refractivity contribution >= 4 is 21.6 Å². The largest absolute Gasteiger partial charge is 0.296 e. The molecule has 1 aliphatic rings. The fourth-order valence-corrected chi connectivity index (χ4v) is 5.62. The minimum Gasteiger partial charge on any atom is -0.296 e. The zero-order chi connectivity index (χ0) is 21.8. The molecule has 0 spiro atoms. The Morgan fingerprint density at radius 3 is 2.23 bits per heavy atom. The first-order chi connectivity index (χ1) is 14.9. The van der Waals surface area contributed by atoms with Crippen LogP contribution < -0.4 is 0 Å². The number of sulfonamides is 1. The molecule has 0 unspecified atom stereocenters. The molecule has 4 nitrogen and oxygen atoms in total. The fraction of sp³-hybridized carbons (Fsp3) is 0.280. The Kier molecular flexibility index (Phi) is 6.77. The zero-order valence-electron chi connectivity index (χ0n) is 17.6. The molecule has 0 N–H and O–H groups in total. The van der Waals surface area contributed by atoms with Crippen LogP contribution in [0, 0.1) is 0 Å². The van der Waals surface area contributed by atoms with Crippen molar-refractivity contribution in [2.24, 2.45) is 0 Å². The summed E-state index contributed by atoms with van der Waals surface area (Å²) < 4.78 is 26.4. The van der Waals surface area contributed by atoms with Gasteiger partial charge in [0.15, 0.2) is 0 Å². The first-order valence-electron chi connectivity index (χ1n) is 10.5. The number of benzene rings is 3. The Morgan fingerprint density at radius 2 is 1.55 bits per heavy atom. The van der Waals surface area contributed by atoms with Crippen molar-refractivity contribution in [2.75, 3.05) is 25.9 Å². The minimum atomic E-state index is -3.24. The van der Waals surface area contributed by atoms with E-state index in [2.05, 4.69) is 41.3 Å². The summed E-state index contributed by atoms with van der Waals surface area (Å²) >= 11 is 6.33. The quantitative estimate of drug-likeness (QED) is 0.542. The maximum atomic E-state index is 12.3. The van der Waals surface area contributed by atoms with Gasteiger partial charge in [0.05, 0.1) is 6.26 Å². The predicted molar refractivity (Wildman–Crippen MR) is 128 cm³/mol. The van der Waals surface area contributed by atoms with Gasteiger partial charge in [-0.1, -0.05) is 84.4 Å². The highest BCUT2D eigenvalue weighted by atomic mass is 35.5. The molecule has 1 atom stereocenters. The average molecular weight is 455 g/mol. The second-order valence-electron chi connectivity index (χ2n) is 8.13. The van der Waals surface area contributed by atoms with E-state index in [-0.39, 0.29) is 6.04 Å². The molecule has 0 saturated carbocycles. The highest BCUT2D eigenvalue weighted by molar-refractivity contribution is 7.88. The lowest BCUT2D eigenvalue weighted by molar-refractivity contribution is 0.129. The third kappa shape index (κ3) is 5.55. The first-order valence-corrected chi connectivity index (χ1v) is 12.7. The molecule has 0 radical (unpaired) electrons. The molecule has 3 aromatic rings. The summed E-state index contributed by atoms with van der Waals surface area (Å²) in [6.07, 6.45) is 2.03. The second-order valence-corrected chi connectivity index (χ2v) is 10.5. The molecular weight excluding hydrogens is 428 g/mol. The topological polar surface area (TPSA) is 40.6 Å². The van der Waals surface area contributed by atoms with Crippen LogP contribution in [0.1, 0.15) is 11.1 Å². The van der Waals surface area contributed by atoms with Gasteiger partial charge in [-0.15, -0.1) is 0 Å². The Balaban J connectivity index is 1.47. The highest BCUT2D eigenvalue weighted by Crippen LogP contribution is 2.28. The van der Waals surface area contributed by atoms with Crippen LogP contribution in [0.15, 0.2) is 78.9 Å². The van der Waals surface area contributed by atoms with Crippen LogP contribution in [0.2, 0.25) is 5.02 Å². The molecule has 31 heavy (non-hydrogen) atoms. The van der Waals surface area contributed by atoms with E-state index in [1.807, 2.05) is 42.5 Å². The number of hydrogen-bond donors (Lipinski definition) is 0. The minimum absolute atomic E-state index is 0.0615. The lowest BCUT2D eigenvalue weighted by Crippen LogP contribution is -2.55. The van der Waals surface area contributed by atoms with Gasteiger partial charge in [0.25, 0.3) is 0 Å². The van der Waals surface area contributed by atoms with Gasteiger partial charge >= 0.3 is 0 Å². The molecule has 4 rings (SSSR count). The van der Waals surface area contributed by atoms with Crippen LogP contribution in [0.25, 0.3) is 11.1 Å². The van der Waals surface area contributed by atoms with E-state index in [1.165, 1.54) is 11.8 Å². The molecule has 6 heteroatoms. The molecule has 0 aromatic heterocycles. The van der Waals surface area contributed by atoms with Gasteiger partial charge < -0.3 is 0 Å². The van der Waals surface area contributed by atoms with Crippen molar-refractivity contribution in [1.29, 1.82) is 0 Å². The zero-order valence-corrected chi connectivity index (χ0v) is 19.2. The molecule has 162 valence electrons. The summed E-state index contributed by atoms with van der Waals surface area (Å²) in [4.78, 5) is 2.35. The van der Waals surface area contributed by atoms with Gasteiger partial charge in [0, 0.05) is 42.8 Å². The smallest absolute Gasteiger partial charge is 0.211 e. The predicted octanol–water partition coefficient (Wildman–Crippen LogP) is 4.70. The van der Waals surface area contributed by atoms with E-state index in [1.54, 1.807) is 4.31 Å². The number of halogens is 1. The number of nitrogens with zero attached hydrogens (tertiary/aromatic N) is 2. The number of rotatable bonds is 6. The summed E-state index contributed by atoms with van der Waals surface area (Å²) in [5, 5.41) is 0.746. The van der Waals surface area contributed by atoms with Crippen LogP contribution in [0.4, 0.5) is 0 Å². The standard InChI is InChI=1S/C25H27ClN2O2S/c1-31(29,30)28-16-15-27(19-23(28)17-20-7-3-2-4-8-20)18-21-11-13-22(14-12-21)24-9-5-6-10-25(24)26/h2-14,23H,15-19H2,1H3/t23-/m1/s1. The lowest BCUT2D eigenvalue weighted by atomic mass is 10.0. The van der Waals surface area contributed by atoms with Crippen molar-refractivity contribution in [2.45, 2.75) is 19.0 Å². The van der Waals surface area contributed by atoms with Gasteiger partial charge in [-0.2, -0.15) is 4.31 Å². The Labute approximate surface area is 190 Å². The van der Waals surface area contributed by atoms with E-state index in [4.69, 9.17) is 11.6 Å². The van der Waals surface area contributed by atoms with Crippen LogP contribution in [0.3, 0.4) is 0 Å². The summed E-state index contributed by atoms with van der Waals surface area (Å²) in [6, 6.07) is 26.4. The van der Waals surface area contributed by atoms with Crippen molar-refractivity contribution < 1.29 is 8.42 Å². The van der Waals surface area contributed by atoms with Gasteiger partial charge in [-0.3, -0.25) is 4.90 Å².